The second-order valence-corrected chi connectivity index (χ2v) is 9.69. The third-order valence-corrected chi connectivity index (χ3v) is 7.53. The molecule has 1 saturated carbocycles. The fourth-order valence-electron chi connectivity index (χ4n) is 5.43. The predicted octanol–water partition coefficient (Wildman–Crippen LogP) is 4.23. The van der Waals surface area contributed by atoms with E-state index in [9.17, 15) is 19.5 Å². The minimum atomic E-state index is -0.984. The van der Waals surface area contributed by atoms with E-state index in [2.05, 4.69) is 34.9 Å². The average molecular weight is 475 g/mol. The lowest BCUT2D eigenvalue weighted by Gasteiger charge is -2.33. The van der Waals surface area contributed by atoms with Crippen molar-refractivity contribution in [3.63, 3.8) is 0 Å². The van der Waals surface area contributed by atoms with Crippen molar-refractivity contribution in [1.82, 2.24) is 10.6 Å². The second kappa shape index (κ2) is 9.94. The van der Waals surface area contributed by atoms with Gasteiger partial charge in [0.2, 0.25) is 5.91 Å². The van der Waals surface area contributed by atoms with E-state index in [4.69, 9.17) is 4.74 Å². The summed E-state index contributed by atoms with van der Waals surface area (Å²) in [7, 11) is 0. The molecule has 3 aliphatic rings. The van der Waals surface area contributed by atoms with Crippen LogP contribution in [0.5, 0.6) is 0 Å². The number of alkyl carbamates (subject to hydrolysis) is 1. The molecule has 0 spiro atoms. The largest absolute Gasteiger partial charge is 0.480 e. The molecule has 3 N–H and O–H groups in total. The van der Waals surface area contributed by atoms with Crippen molar-refractivity contribution in [3.05, 3.63) is 71.8 Å². The van der Waals surface area contributed by atoms with Crippen molar-refractivity contribution < 1.29 is 24.2 Å². The summed E-state index contributed by atoms with van der Waals surface area (Å²) in [6, 6.07) is 15.2. The Morgan fingerprint density at radius 3 is 2.26 bits per heavy atom. The quantitative estimate of drug-likeness (QED) is 0.521. The van der Waals surface area contributed by atoms with Crippen molar-refractivity contribution in [2.75, 3.05) is 6.61 Å². The number of carbonyl (C=O) groups is 3. The zero-order valence-electron chi connectivity index (χ0n) is 19.5. The number of benzene rings is 2. The van der Waals surface area contributed by atoms with Gasteiger partial charge in [0.15, 0.2) is 0 Å². The molecule has 3 aliphatic carbocycles. The van der Waals surface area contributed by atoms with Crippen LogP contribution in [0.3, 0.4) is 0 Å². The Hall–Kier alpha value is -3.61. The van der Waals surface area contributed by atoms with E-state index in [-0.39, 0.29) is 36.3 Å². The van der Waals surface area contributed by atoms with Gasteiger partial charge in [-0.05, 0) is 53.9 Å². The maximum Gasteiger partial charge on any atom is 0.407 e. The number of nitrogens with one attached hydrogen (secondary N) is 2. The molecule has 2 amide bonds. The Morgan fingerprint density at radius 1 is 1.00 bits per heavy atom. The van der Waals surface area contributed by atoms with Gasteiger partial charge in [0, 0.05) is 11.8 Å². The third-order valence-electron chi connectivity index (χ3n) is 7.53. The van der Waals surface area contributed by atoms with Gasteiger partial charge >= 0.3 is 12.1 Å². The summed E-state index contributed by atoms with van der Waals surface area (Å²) in [4.78, 5) is 37.0. The summed E-state index contributed by atoms with van der Waals surface area (Å²) >= 11 is 0. The molecule has 3 atom stereocenters. The number of carbonyl (C=O) groups excluding carboxylic acids is 2. The predicted molar refractivity (Wildman–Crippen MR) is 131 cm³/mol. The maximum absolute atomic E-state index is 12.8. The average Bonchev–Trinajstić information content (AvgIpc) is 3.15. The lowest BCUT2D eigenvalue weighted by molar-refractivity contribution is -0.145. The van der Waals surface area contributed by atoms with Crippen LogP contribution in [0.15, 0.2) is 60.7 Å². The Bertz CT molecular complexity index is 1110. The molecule has 3 unspecified atom stereocenters. The first-order valence-electron chi connectivity index (χ1n) is 12.3. The second-order valence-electron chi connectivity index (χ2n) is 9.69. The van der Waals surface area contributed by atoms with Crippen LogP contribution >= 0.6 is 0 Å². The normalized spacial score (nSPS) is 21.8. The van der Waals surface area contributed by atoms with Gasteiger partial charge in [-0.15, -0.1) is 0 Å². The molecule has 0 radical (unpaired) electrons. The highest BCUT2D eigenvalue weighted by Crippen LogP contribution is 2.44. The SMILES string of the molecule is O=C(NC1C=CCC(C(=O)NC(C(=O)O)C2CCC2)C1)OCC1c2ccccc2-c2ccccc21. The van der Waals surface area contributed by atoms with Crippen molar-refractivity contribution in [1.29, 1.82) is 0 Å². The minimum Gasteiger partial charge on any atom is -0.480 e. The molecule has 0 saturated heterocycles. The maximum atomic E-state index is 12.8. The Balaban J connectivity index is 1.16. The number of amides is 2. The van der Waals surface area contributed by atoms with E-state index < -0.39 is 18.1 Å². The first kappa shape index (κ1) is 23.1. The Morgan fingerprint density at radius 2 is 1.66 bits per heavy atom. The third kappa shape index (κ3) is 4.81. The van der Waals surface area contributed by atoms with Crippen LogP contribution in [0, 0.1) is 11.8 Å². The van der Waals surface area contributed by atoms with Crippen molar-refractivity contribution in [2.24, 2.45) is 11.8 Å². The van der Waals surface area contributed by atoms with Gasteiger partial charge in [-0.2, -0.15) is 0 Å². The summed E-state index contributed by atoms with van der Waals surface area (Å²) in [5.74, 6) is -1.66. The number of allylic oxidation sites excluding steroid dienone is 1. The van der Waals surface area contributed by atoms with E-state index in [0.717, 1.165) is 30.4 Å². The highest BCUT2D eigenvalue weighted by atomic mass is 16.5. The van der Waals surface area contributed by atoms with Crippen molar-refractivity contribution in [3.8, 4) is 11.1 Å². The molecule has 35 heavy (non-hydrogen) atoms. The first-order valence-corrected chi connectivity index (χ1v) is 12.3. The topological polar surface area (TPSA) is 105 Å². The molecule has 7 nitrogen and oxygen atoms in total. The summed E-state index contributed by atoms with van der Waals surface area (Å²) in [6.45, 7) is 0.224. The standard InChI is InChI=1S/C28H30N2O5/c31-26(30-25(27(32)33)17-7-5-8-17)18-9-6-10-19(15-18)29-28(34)35-16-24-22-13-3-1-11-20(22)21-12-2-4-14-23(21)24/h1-4,6,10-14,17-19,24-25H,5,7-9,15-16H2,(H,29,34)(H,30,31)(H,32,33). The highest BCUT2D eigenvalue weighted by molar-refractivity contribution is 5.85. The van der Waals surface area contributed by atoms with Crippen LogP contribution in [0.1, 0.15) is 49.1 Å². The fraction of sp³-hybridized carbons (Fsp3) is 0.393. The monoisotopic (exact) mass is 474 g/mol. The van der Waals surface area contributed by atoms with Gasteiger partial charge in [-0.25, -0.2) is 9.59 Å². The Kier molecular flexibility index (Phi) is 6.57. The molecule has 182 valence electrons. The zero-order valence-corrected chi connectivity index (χ0v) is 19.5. The van der Waals surface area contributed by atoms with Crippen LogP contribution in [-0.2, 0) is 14.3 Å². The number of carboxylic acids is 1. The molecule has 7 heteroatoms. The summed E-state index contributed by atoms with van der Waals surface area (Å²) in [5.41, 5.74) is 4.64. The number of rotatable bonds is 7. The number of aliphatic carboxylic acids is 1. The fourth-order valence-corrected chi connectivity index (χ4v) is 5.43. The summed E-state index contributed by atoms with van der Waals surface area (Å²) < 4.78 is 5.63. The molecular formula is C28H30N2O5. The first-order chi connectivity index (χ1) is 17.0. The van der Waals surface area contributed by atoms with E-state index in [1.54, 1.807) is 0 Å². The van der Waals surface area contributed by atoms with Crippen molar-refractivity contribution >= 4 is 18.0 Å². The van der Waals surface area contributed by atoms with Gasteiger partial charge < -0.3 is 20.5 Å². The molecule has 1 fully saturated rings. The van der Waals surface area contributed by atoms with Crippen LogP contribution in [0.4, 0.5) is 4.79 Å². The van der Waals surface area contributed by atoms with Crippen LogP contribution in [0.2, 0.25) is 0 Å². The Labute approximate surface area is 204 Å². The number of hydrogen-bond acceptors (Lipinski definition) is 4. The van der Waals surface area contributed by atoms with E-state index >= 15 is 0 Å². The van der Waals surface area contributed by atoms with Crippen LogP contribution in [0.25, 0.3) is 11.1 Å². The number of carboxylic acid groups (broad SMARTS) is 1. The number of fused-ring (bicyclic) bond motifs is 3. The highest BCUT2D eigenvalue weighted by Gasteiger charge is 2.36. The molecular weight excluding hydrogens is 444 g/mol. The van der Waals surface area contributed by atoms with Gasteiger partial charge in [0.05, 0.1) is 6.04 Å². The lowest BCUT2D eigenvalue weighted by atomic mass is 9.79. The minimum absolute atomic E-state index is 0.00494. The summed E-state index contributed by atoms with van der Waals surface area (Å²) in [5, 5.41) is 15.1. The van der Waals surface area contributed by atoms with E-state index in [0.29, 0.717) is 12.8 Å². The van der Waals surface area contributed by atoms with Crippen LogP contribution < -0.4 is 10.6 Å². The summed E-state index contributed by atoms with van der Waals surface area (Å²) in [6.07, 6.45) is 6.78. The van der Waals surface area contributed by atoms with Gasteiger partial charge in [0.25, 0.3) is 0 Å². The molecule has 2 aromatic carbocycles. The molecule has 5 rings (SSSR count). The molecule has 0 heterocycles. The van der Waals surface area contributed by atoms with E-state index in [1.807, 2.05) is 36.4 Å². The van der Waals surface area contributed by atoms with E-state index in [1.165, 1.54) is 11.1 Å². The zero-order chi connectivity index (χ0) is 24.4. The van der Waals surface area contributed by atoms with Gasteiger partial charge in [-0.3, -0.25) is 4.79 Å². The molecule has 2 aromatic rings. The van der Waals surface area contributed by atoms with Gasteiger partial charge in [-0.1, -0.05) is 67.1 Å². The molecule has 0 aliphatic heterocycles. The molecule has 0 bridgehead atoms. The van der Waals surface area contributed by atoms with Crippen molar-refractivity contribution in [2.45, 2.75) is 50.1 Å². The van der Waals surface area contributed by atoms with Gasteiger partial charge in [0.1, 0.15) is 12.6 Å². The lowest BCUT2D eigenvalue weighted by Crippen LogP contribution is -2.50. The van der Waals surface area contributed by atoms with Crippen LogP contribution in [-0.4, -0.2) is 41.8 Å². The number of ether oxygens (including phenoxy) is 1. The molecule has 0 aromatic heterocycles. The smallest absolute Gasteiger partial charge is 0.407 e. The number of hydrogen-bond donors (Lipinski definition) is 3.